The lowest BCUT2D eigenvalue weighted by Gasteiger charge is -2.08. The summed E-state index contributed by atoms with van der Waals surface area (Å²) >= 11 is 1.11. The van der Waals surface area contributed by atoms with Gasteiger partial charge in [0, 0.05) is 16.8 Å². The first-order chi connectivity index (χ1) is 7.03. The zero-order chi connectivity index (χ0) is 11.1. The molecule has 0 bridgehead atoms. The molecule has 0 aliphatic carbocycles. The summed E-state index contributed by atoms with van der Waals surface area (Å²) in [5.41, 5.74) is 1.45. The molecule has 1 radical (unpaired) electrons. The molecule has 0 saturated carbocycles. The highest BCUT2D eigenvalue weighted by Gasteiger charge is 2.20. The lowest BCUT2D eigenvalue weighted by molar-refractivity contribution is 0.587. The number of rotatable bonds is 2. The summed E-state index contributed by atoms with van der Waals surface area (Å²) in [7, 11) is -3.41. The van der Waals surface area contributed by atoms with E-state index in [4.69, 9.17) is 0 Å². The number of aryl methyl sites for hydroxylation is 2. The van der Waals surface area contributed by atoms with Gasteiger partial charge in [-0.2, -0.15) is 8.42 Å². The van der Waals surface area contributed by atoms with Gasteiger partial charge >= 0.3 is 0 Å². The van der Waals surface area contributed by atoms with Crippen molar-refractivity contribution in [1.82, 2.24) is 3.97 Å². The molecule has 0 N–H and O–H groups in total. The van der Waals surface area contributed by atoms with E-state index in [0.717, 1.165) is 22.7 Å². The van der Waals surface area contributed by atoms with Crippen LogP contribution in [0.25, 0.3) is 0 Å². The SMILES string of the molecule is Cc1ccc(C)n1S(=O)(=O)c1cc[c]s1. The molecule has 0 atom stereocenters. The molecule has 2 heterocycles. The van der Waals surface area contributed by atoms with Crippen molar-refractivity contribution < 1.29 is 8.42 Å². The fourth-order valence-corrected chi connectivity index (χ4v) is 3.97. The quantitative estimate of drug-likeness (QED) is 0.807. The predicted octanol–water partition coefficient (Wildman–Crippen LogP) is 2.20. The van der Waals surface area contributed by atoms with E-state index in [9.17, 15) is 8.42 Å². The first-order valence-electron chi connectivity index (χ1n) is 4.40. The van der Waals surface area contributed by atoms with Gasteiger partial charge in [0.1, 0.15) is 4.21 Å². The summed E-state index contributed by atoms with van der Waals surface area (Å²) in [6, 6.07) is 6.78. The molecule has 5 heteroatoms. The van der Waals surface area contributed by atoms with Gasteiger partial charge in [-0.05, 0) is 38.1 Å². The van der Waals surface area contributed by atoms with Gasteiger partial charge < -0.3 is 0 Å². The molecule has 0 aliphatic rings. The molecule has 2 aromatic rings. The fraction of sp³-hybridized carbons (Fsp3) is 0.200. The summed E-state index contributed by atoms with van der Waals surface area (Å²) in [5, 5.41) is 2.79. The Morgan fingerprint density at radius 3 is 2.27 bits per heavy atom. The number of thiophene rings is 1. The van der Waals surface area contributed by atoms with E-state index < -0.39 is 10.0 Å². The maximum absolute atomic E-state index is 12.2. The third kappa shape index (κ3) is 1.61. The van der Waals surface area contributed by atoms with Crippen molar-refractivity contribution in [2.45, 2.75) is 18.1 Å². The zero-order valence-electron chi connectivity index (χ0n) is 8.39. The highest BCUT2D eigenvalue weighted by molar-refractivity contribution is 7.92. The van der Waals surface area contributed by atoms with Gasteiger partial charge in [-0.15, -0.1) is 11.3 Å². The molecule has 2 rings (SSSR count). The molecule has 79 valence electrons. The molecule has 0 unspecified atom stereocenters. The molecule has 0 saturated heterocycles. The highest BCUT2D eigenvalue weighted by Crippen LogP contribution is 2.22. The minimum Gasteiger partial charge on any atom is -0.243 e. The smallest absolute Gasteiger partial charge is 0.243 e. The van der Waals surface area contributed by atoms with Crippen LogP contribution >= 0.6 is 11.3 Å². The van der Waals surface area contributed by atoms with E-state index in [0.29, 0.717) is 4.21 Å². The van der Waals surface area contributed by atoms with Crippen LogP contribution in [0, 0.1) is 19.2 Å². The number of hydrogen-bond donors (Lipinski definition) is 0. The second-order valence-corrected chi connectivity index (χ2v) is 6.15. The minimum absolute atomic E-state index is 0.324. The largest absolute Gasteiger partial charge is 0.277 e. The molecular formula is C10H10NO2S2. The second-order valence-electron chi connectivity index (χ2n) is 3.26. The van der Waals surface area contributed by atoms with Crippen molar-refractivity contribution in [1.29, 1.82) is 0 Å². The van der Waals surface area contributed by atoms with E-state index in [1.165, 1.54) is 3.97 Å². The predicted molar refractivity (Wildman–Crippen MR) is 59.6 cm³/mol. The van der Waals surface area contributed by atoms with Gasteiger partial charge in [0.15, 0.2) is 0 Å². The van der Waals surface area contributed by atoms with Crippen LogP contribution in [-0.2, 0) is 10.0 Å². The van der Waals surface area contributed by atoms with Crippen molar-refractivity contribution in [3.05, 3.63) is 41.0 Å². The first kappa shape index (κ1) is 10.4. The van der Waals surface area contributed by atoms with Crippen molar-refractivity contribution >= 4 is 21.4 Å². The van der Waals surface area contributed by atoms with Crippen molar-refractivity contribution in [3.63, 3.8) is 0 Å². The number of nitrogens with zero attached hydrogens (tertiary/aromatic N) is 1. The lowest BCUT2D eigenvalue weighted by atomic mass is 10.5. The van der Waals surface area contributed by atoms with E-state index in [2.05, 4.69) is 5.38 Å². The molecule has 3 nitrogen and oxygen atoms in total. The molecule has 0 aliphatic heterocycles. The topological polar surface area (TPSA) is 39.1 Å². The highest BCUT2D eigenvalue weighted by atomic mass is 32.2. The van der Waals surface area contributed by atoms with Gasteiger partial charge in [0.2, 0.25) is 0 Å². The van der Waals surface area contributed by atoms with Crippen molar-refractivity contribution in [3.8, 4) is 0 Å². The fourth-order valence-electron chi connectivity index (χ4n) is 1.49. The van der Waals surface area contributed by atoms with E-state index >= 15 is 0 Å². The summed E-state index contributed by atoms with van der Waals surface area (Å²) in [6.45, 7) is 3.56. The molecule has 0 amide bonds. The zero-order valence-corrected chi connectivity index (χ0v) is 10.0. The average molecular weight is 240 g/mol. The van der Waals surface area contributed by atoms with Gasteiger partial charge in [-0.1, -0.05) is 0 Å². The lowest BCUT2D eigenvalue weighted by Crippen LogP contribution is -2.14. The van der Waals surface area contributed by atoms with Crippen LogP contribution < -0.4 is 0 Å². The van der Waals surface area contributed by atoms with Crippen LogP contribution in [0.2, 0.25) is 0 Å². The third-order valence-corrected chi connectivity index (χ3v) is 5.32. The van der Waals surface area contributed by atoms with Gasteiger partial charge in [-0.3, -0.25) is 0 Å². The van der Waals surface area contributed by atoms with Crippen LogP contribution in [0.1, 0.15) is 11.4 Å². The standard InChI is InChI=1S/C10H10NO2S2/c1-8-5-6-9(2)11(8)15(12,13)10-4-3-7-14-10/h3-6H,1-2H3. The van der Waals surface area contributed by atoms with Crippen LogP contribution in [0.4, 0.5) is 0 Å². The van der Waals surface area contributed by atoms with E-state index in [-0.39, 0.29) is 0 Å². The van der Waals surface area contributed by atoms with Crippen LogP contribution in [0.15, 0.2) is 28.5 Å². The molecule has 2 aromatic heterocycles. The Balaban J connectivity index is 2.67. The molecule has 0 aromatic carbocycles. The second kappa shape index (κ2) is 3.50. The number of aromatic nitrogens is 1. The Morgan fingerprint density at radius 1 is 1.20 bits per heavy atom. The Labute approximate surface area is 93.0 Å². The van der Waals surface area contributed by atoms with E-state index in [1.807, 2.05) is 0 Å². The van der Waals surface area contributed by atoms with Crippen molar-refractivity contribution in [2.24, 2.45) is 0 Å². The van der Waals surface area contributed by atoms with Gasteiger partial charge in [0.25, 0.3) is 10.0 Å². The van der Waals surface area contributed by atoms with Crippen LogP contribution in [0.3, 0.4) is 0 Å². The van der Waals surface area contributed by atoms with Crippen LogP contribution in [0.5, 0.6) is 0 Å². The molecular weight excluding hydrogens is 230 g/mol. The summed E-state index contributed by atoms with van der Waals surface area (Å²) < 4.78 is 26.0. The number of hydrogen-bond acceptors (Lipinski definition) is 3. The summed E-state index contributed by atoms with van der Waals surface area (Å²) in [6.07, 6.45) is 0. The van der Waals surface area contributed by atoms with Gasteiger partial charge in [-0.25, -0.2) is 3.97 Å². The Morgan fingerprint density at radius 2 is 1.80 bits per heavy atom. The monoisotopic (exact) mass is 240 g/mol. The normalized spacial score (nSPS) is 11.9. The molecule has 0 spiro atoms. The minimum atomic E-state index is -3.41. The molecule has 0 fully saturated rings. The van der Waals surface area contributed by atoms with E-state index in [1.54, 1.807) is 38.1 Å². The first-order valence-corrected chi connectivity index (χ1v) is 6.65. The maximum atomic E-state index is 12.2. The summed E-state index contributed by atoms with van der Waals surface area (Å²) in [5.74, 6) is 0. The van der Waals surface area contributed by atoms with Crippen LogP contribution in [-0.4, -0.2) is 12.4 Å². The van der Waals surface area contributed by atoms with Crippen molar-refractivity contribution in [2.75, 3.05) is 0 Å². The van der Waals surface area contributed by atoms with Gasteiger partial charge in [0.05, 0.1) is 0 Å². The third-order valence-electron chi connectivity index (χ3n) is 2.15. The average Bonchev–Trinajstić information content (AvgIpc) is 2.75. The maximum Gasteiger partial charge on any atom is 0.277 e. The summed E-state index contributed by atoms with van der Waals surface area (Å²) in [4.78, 5) is 0. The Bertz CT molecular complexity index is 545. The Hall–Kier alpha value is -1.07. The molecule has 15 heavy (non-hydrogen) atoms. The Kier molecular flexibility index (Phi) is 2.44.